The second-order valence-corrected chi connectivity index (χ2v) is 12.3. The summed E-state index contributed by atoms with van der Waals surface area (Å²) >= 11 is 0. The molecule has 1 saturated heterocycles. The van der Waals surface area contributed by atoms with E-state index in [-0.39, 0.29) is 16.6 Å². The van der Waals surface area contributed by atoms with Gasteiger partial charge in [-0.25, -0.2) is 8.42 Å². The van der Waals surface area contributed by atoms with Crippen LogP contribution in [-0.4, -0.2) is 44.4 Å². The van der Waals surface area contributed by atoms with Gasteiger partial charge in [0.15, 0.2) is 16.1 Å². The lowest BCUT2D eigenvalue weighted by Crippen LogP contribution is -2.42. The summed E-state index contributed by atoms with van der Waals surface area (Å²) in [5.41, 5.74) is 3.49. The molecule has 1 N–H and O–H groups in total. The van der Waals surface area contributed by atoms with Gasteiger partial charge in [0, 0.05) is 0 Å². The Morgan fingerprint density at radius 1 is 1.18 bits per heavy atom. The smallest absolute Gasteiger partial charge is 0.187 e. The quantitative estimate of drug-likeness (QED) is 0.447. The standard InChI is InChI=1S/C28H40O5S/c1-20(19-24-32-17-18-33-24)11-9-12-22(3)26(29)27(25-21(2)13-10-16-28(25,4)5)34(30,31)23-14-7-6-8-15-23/h6-8,12,14-15,19,24,26-27,29H,9-11,13,16-18H2,1-5H3/b20-19+,22-12+. The lowest BCUT2D eigenvalue weighted by Gasteiger charge is -2.40. The first-order valence-electron chi connectivity index (χ1n) is 12.3. The zero-order valence-corrected chi connectivity index (χ0v) is 22.0. The average molecular weight is 489 g/mol. The van der Waals surface area contributed by atoms with Crippen molar-refractivity contribution in [2.75, 3.05) is 13.2 Å². The van der Waals surface area contributed by atoms with Crippen molar-refractivity contribution in [3.63, 3.8) is 0 Å². The Kier molecular flexibility index (Phi) is 8.96. The molecule has 0 bridgehead atoms. The third-order valence-electron chi connectivity index (χ3n) is 7.06. The van der Waals surface area contributed by atoms with Crippen LogP contribution in [0.1, 0.15) is 66.7 Å². The Labute approximate surface area is 205 Å². The van der Waals surface area contributed by atoms with Gasteiger partial charge in [-0.15, -0.1) is 0 Å². The Hall–Kier alpha value is -1.73. The first kappa shape index (κ1) is 26.9. The highest BCUT2D eigenvalue weighted by Gasteiger charge is 2.44. The molecule has 6 heteroatoms. The molecule has 1 aliphatic carbocycles. The highest BCUT2D eigenvalue weighted by atomic mass is 32.2. The van der Waals surface area contributed by atoms with Gasteiger partial charge in [0.2, 0.25) is 0 Å². The van der Waals surface area contributed by atoms with Crippen molar-refractivity contribution in [3.8, 4) is 0 Å². The lowest BCUT2D eigenvalue weighted by molar-refractivity contribution is -0.00224. The van der Waals surface area contributed by atoms with Gasteiger partial charge in [-0.2, -0.15) is 0 Å². The second kappa shape index (κ2) is 11.3. The van der Waals surface area contributed by atoms with Crippen molar-refractivity contribution >= 4 is 9.84 Å². The fraction of sp³-hybridized carbons (Fsp3) is 0.571. The summed E-state index contributed by atoms with van der Waals surface area (Å²) in [7, 11) is -3.80. The number of hydrogen-bond acceptors (Lipinski definition) is 5. The molecular weight excluding hydrogens is 448 g/mol. The summed E-state index contributed by atoms with van der Waals surface area (Å²) in [6.45, 7) is 11.3. The number of aliphatic hydroxyl groups excluding tert-OH is 1. The van der Waals surface area contributed by atoms with E-state index in [2.05, 4.69) is 13.8 Å². The number of allylic oxidation sites excluding steroid dienone is 3. The fourth-order valence-electron chi connectivity index (χ4n) is 5.19. The maximum atomic E-state index is 13.9. The number of sulfone groups is 1. The Morgan fingerprint density at radius 2 is 1.82 bits per heavy atom. The number of rotatable bonds is 9. The Balaban J connectivity index is 1.90. The molecule has 34 heavy (non-hydrogen) atoms. The minimum atomic E-state index is -3.80. The molecule has 2 atom stereocenters. The molecule has 1 aromatic rings. The van der Waals surface area contributed by atoms with Crippen molar-refractivity contribution in [3.05, 3.63) is 64.8 Å². The van der Waals surface area contributed by atoms with Crippen LogP contribution in [0.4, 0.5) is 0 Å². The molecule has 2 aliphatic rings. The zero-order chi connectivity index (χ0) is 24.9. The molecule has 1 aliphatic heterocycles. The molecule has 1 heterocycles. The minimum absolute atomic E-state index is 0.254. The largest absolute Gasteiger partial charge is 0.387 e. The van der Waals surface area contributed by atoms with E-state index in [9.17, 15) is 13.5 Å². The Morgan fingerprint density at radius 3 is 2.44 bits per heavy atom. The van der Waals surface area contributed by atoms with Gasteiger partial charge in [-0.05, 0) is 87.6 Å². The molecule has 0 spiro atoms. The molecule has 1 fully saturated rings. The molecule has 0 amide bonds. The highest BCUT2D eigenvalue weighted by molar-refractivity contribution is 7.92. The summed E-state index contributed by atoms with van der Waals surface area (Å²) in [5.74, 6) is 0. The van der Waals surface area contributed by atoms with E-state index >= 15 is 0 Å². The summed E-state index contributed by atoms with van der Waals surface area (Å²) in [6.07, 6.45) is 6.86. The predicted octanol–water partition coefficient (Wildman–Crippen LogP) is 5.76. The normalized spacial score (nSPS) is 22.2. The van der Waals surface area contributed by atoms with E-state index < -0.39 is 21.2 Å². The SMILES string of the molecule is CC1=C(C(C(O)/C(C)=C/CC/C(C)=C/C2OCCO2)S(=O)(=O)c2ccccc2)C(C)(C)CCC1. The third-order valence-corrected chi connectivity index (χ3v) is 9.15. The van der Waals surface area contributed by atoms with Crippen molar-refractivity contribution in [1.82, 2.24) is 0 Å². The highest BCUT2D eigenvalue weighted by Crippen LogP contribution is 2.46. The number of benzene rings is 1. The van der Waals surface area contributed by atoms with Crippen molar-refractivity contribution < 1.29 is 23.0 Å². The van der Waals surface area contributed by atoms with E-state index in [0.717, 1.165) is 42.4 Å². The van der Waals surface area contributed by atoms with Crippen LogP contribution in [-0.2, 0) is 19.3 Å². The van der Waals surface area contributed by atoms with Crippen LogP contribution in [0.2, 0.25) is 0 Å². The number of ether oxygens (including phenoxy) is 2. The zero-order valence-electron chi connectivity index (χ0n) is 21.2. The first-order chi connectivity index (χ1) is 16.0. The van der Waals surface area contributed by atoms with E-state index in [4.69, 9.17) is 9.47 Å². The number of aliphatic hydroxyl groups is 1. The van der Waals surface area contributed by atoms with Crippen molar-refractivity contribution in [2.24, 2.45) is 5.41 Å². The average Bonchev–Trinajstić information content (AvgIpc) is 3.29. The summed E-state index contributed by atoms with van der Waals surface area (Å²) in [4.78, 5) is 0.254. The summed E-state index contributed by atoms with van der Waals surface area (Å²) in [5, 5.41) is 10.5. The maximum Gasteiger partial charge on any atom is 0.187 e. The van der Waals surface area contributed by atoms with Crippen LogP contribution >= 0.6 is 0 Å². The molecule has 0 radical (unpaired) electrons. The molecular formula is C28H40O5S. The summed E-state index contributed by atoms with van der Waals surface area (Å²) in [6, 6.07) is 8.53. The van der Waals surface area contributed by atoms with Crippen LogP contribution < -0.4 is 0 Å². The van der Waals surface area contributed by atoms with Gasteiger partial charge in [0.05, 0.1) is 24.2 Å². The lowest BCUT2D eigenvalue weighted by atomic mass is 9.70. The molecule has 0 saturated carbocycles. The van der Waals surface area contributed by atoms with E-state index in [1.165, 1.54) is 0 Å². The van der Waals surface area contributed by atoms with Gasteiger partial charge in [0.1, 0.15) is 5.25 Å². The topological polar surface area (TPSA) is 72.8 Å². The second-order valence-electron chi connectivity index (χ2n) is 10.3. The van der Waals surface area contributed by atoms with Crippen LogP contribution in [0.25, 0.3) is 0 Å². The van der Waals surface area contributed by atoms with Gasteiger partial charge in [0.25, 0.3) is 0 Å². The molecule has 2 unspecified atom stereocenters. The van der Waals surface area contributed by atoms with Gasteiger partial charge >= 0.3 is 0 Å². The van der Waals surface area contributed by atoms with E-state index in [0.29, 0.717) is 25.2 Å². The molecule has 188 valence electrons. The van der Waals surface area contributed by atoms with Gasteiger partial charge < -0.3 is 14.6 Å². The van der Waals surface area contributed by atoms with Crippen LogP contribution in [0, 0.1) is 5.41 Å². The maximum absolute atomic E-state index is 13.9. The molecule has 0 aromatic heterocycles. The predicted molar refractivity (Wildman–Crippen MR) is 136 cm³/mol. The monoisotopic (exact) mass is 488 g/mol. The van der Waals surface area contributed by atoms with Crippen LogP contribution in [0.3, 0.4) is 0 Å². The third kappa shape index (κ3) is 6.28. The molecule has 5 nitrogen and oxygen atoms in total. The van der Waals surface area contributed by atoms with Crippen molar-refractivity contribution in [2.45, 2.75) is 89.3 Å². The Bertz CT molecular complexity index is 1030. The van der Waals surface area contributed by atoms with E-state index in [1.54, 1.807) is 24.3 Å². The minimum Gasteiger partial charge on any atom is -0.387 e. The van der Waals surface area contributed by atoms with Crippen molar-refractivity contribution in [1.29, 1.82) is 0 Å². The van der Waals surface area contributed by atoms with E-state index in [1.807, 2.05) is 39.0 Å². The van der Waals surface area contributed by atoms with Crippen LogP contribution in [0.15, 0.2) is 69.7 Å². The van der Waals surface area contributed by atoms with Gasteiger partial charge in [-0.3, -0.25) is 0 Å². The molecule has 1 aromatic carbocycles. The fourth-order valence-corrected chi connectivity index (χ4v) is 7.40. The summed E-state index contributed by atoms with van der Waals surface area (Å²) < 4.78 is 38.8. The molecule has 3 rings (SSSR count). The number of hydrogen-bond donors (Lipinski definition) is 1. The van der Waals surface area contributed by atoms with Gasteiger partial charge in [-0.1, -0.05) is 49.3 Å². The van der Waals surface area contributed by atoms with Crippen LogP contribution in [0.5, 0.6) is 0 Å². The first-order valence-corrected chi connectivity index (χ1v) is 13.8.